The van der Waals surface area contributed by atoms with E-state index < -0.39 is 0 Å². The van der Waals surface area contributed by atoms with Crippen LogP contribution in [0.1, 0.15) is 27.9 Å². The zero-order valence-corrected chi connectivity index (χ0v) is 10.9. The Hall–Kier alpha value is -0.560. The summed E-state index contributed by atoms with van der Waals surface area (Å²) >= 11 is 3.34. The molecule has 1 amide bonds. The minimum Gasteiger partial charge on any atom is -0.330 e. The van der Waals surface area contributed by atoms with Gasteiger partial charge in [0, 0.05) is 15.9 Å². The predicted octanol–water partition coefficient (Wildman–Crippen LogP) is 1.32. The zero-order chi connectivity index (χ0) is 12.0. The van der Waals surface area contributed by atoms with Crippen LogP contribution in [0.15, 0.2) is 12.1 Å². The van der Waals surface area contributed by atoms with Gasteiger partial charge in [-0.1, -0.05) is 6.92 Å². The van der Waals surface area contributed by atoms with E-state index in [4.69, 9.17) is 11.6 Å². The Morgan fingerprint density at radius 1 is 1.62 bits per heavy atom. The van der Waals surface area contributed by atoms with Gasteiger partial charge in [-0.3, -0.25) is 10.2 Å². The number of carbonyl (C=O) groups excluding carboxylic acids is 1. The third-order valence-corrected chi connectivity index (χ3v) is 4.65. The third kappa shape index (κ3) is 4.13. The highest BCUT2D eigenvalue weighted by Gasteiger charge is 2.08. The van der Waals surface area contributed by atoms with Crippen LogP contribution in [0.2, 0.25) is 0 Å². The van der Waals surface area contributed by atoms with Crippen molar-refractivity contribution in [1.29, 1.82) is 0 Å². The molecule has 16 heavy (non-hydrogen) atoms. The molecule has 0 aliphatic heterocycles. The van der Waals surface area contributed by atoms with Crippen molar-refractivity contribution in [3.05, 3.63) is 21.9 Å². The highest BCUT2D eigenvalue weighted by Crippen LogP contribution is 2.24. The van der Waals surface area contributed by atoms with Crippen molar-refractivity contribution >= 4 is 29.0 Å². The SMILES string of the molecule is CC(CCN)SCc1ccc(C(=O)NN)s1. The molecule has 0 saturated carbocycles. The van der Waals surface area contributed by atoms with Crippen LogP contribution in [0.25, 0.3) is 0 Å². The van der Waals surface area contributed by atoms with Crippen LogP contribution in [0, 0.1) is 0 Å². The van der Waals surface area contributed by atoms with E-state index in [-0.39, 0.29) is 5.91 Å². The van der Waals surface area contributed by atoms with Crippen LogP contribution < -0.4 is 17.0 Å². The average Bonchev–Trinajstić information content (AvgIpc) is 2.74. The molecule has 0 saturated heterocycles. The second-order valence-corrected chi connectivity index (χ2v) is 6.03. The van der Waals surface area contributed by atoms with Crippen LogP contribution >= 0.6 is 23.1 Å². The molecular formula is C10H17N3OS2. The van der Waals surface area contributed by atoms with Gasteiger partial charge in [-0.05, 0) is 25.1 Å². The molecule has 0 fully saturated rings. The maximum absolute atomic E-state index is 11.2. The number of hydrazine groups is 1. The number of carbonyl (C=O) groups is 1. The Labute approximate surface area is 104 Å². The molecule has 1 heterocycles. The van der Waals surface area contributed by atoms with Gasteiger partial charge < -0.3 is 5.73 Å². The van der Waals surface area contributed by atoms with Crippen molar-refractivity contribution in [1.82, 2.24) is 5.43 Å². The number of rotatable bonds is 6. The van der Waals surface area contributed by atoms with Crippen molar-refractivity contribution in [3.63, 3.8) is 0 Å². The molecule has 5 N–H and O–H groups in total. The van der Waals surface area contributed by atoms with Gasteiger partial charge in [-0.2, -0.15) is 11.8 Å². The molecule has 0 bridgehead atoms. The Bertz CT molecular complexity index is 341. The molecule has 0 spiro atoms. The minimum absolute atomic E-state index is 0.226. The van der Waals surface area contributed by atoms with Gasteiger partial charge in [-0.15, -0.1) is 11.3 Å². The van der Waals surface area contributed by atoms with Crippen molar-refractivity contribution in [2.45, 2.75) is 24.3 Å². The lowest BCUT2D eigenvalue weighted by molar-refractivity contribution is 0.0957. The maximum atomic E-state index is 11.2. The average molecular weight is 259 g/mol. The molecule has 6 heteroatoms. The van der Waals surface area contributed by atoms with Crippen molar-refractivity contribution in [2.24, 2.45) is 11.6 Å². The summed E-state index contributed by atoms with van der Waals surface area (Å²) in [7, 11) is 0. The summed E-state index contributed by atoms with van der Waals surface area (Å²) in [6.45, 7) is 2.89. The summed E-state index contributed by atoms with van der Waals surface area (Å²) in [5.74, 6) is 5.76. The second-order valence-electron chi connectivity index (χ2n) is 3.44. The fraction of sp³-hybridized carbons (Fsp3) is 0.500. The zero-order valence-electron chi connectivity index (χ0n) is 9.23. The summed E-state index contributed by atoms with van der Waals surface area (Å²) in [6, 6.07) is 3.77. The van der Waals surface area contributed by atoms with Gasteiger partial charge >= 0.3 is 0 Å². The number of thioether (sulfide) groups is 1. The van der Waals surface area contributed by atoms with Gasteiger partial charge in [0.2, 0.25) is 0 Å². The first-order chi connectivity index (χ1) is 7.67. The summed E-state index contributed by atoms with van der Waals surface area (Å²) in [5, 5.41) is 0.555. The molecule has 1 rings (SSSR count). The molecule has 4 nitrogen and oxygen atoms in total. The Kier molecular flexibility index (Phi) is 5.83. The van der Waals surface area contributed by atoms with E-state index in [0.717, 1.165) is 18.7 Å². The number of thiophene rings is 1. The van der Waals surface area contributed by atoms with E-state index in [1.54, 1.807) is 6.07 Å². The van der Waals surface area contributed by atoms with Gasteiger partial charge in [0.15, 0.2) is 0 Å². The van der Waals surface area contributed by atoms with Gasteiger partial charge in [0.25, 0.3) is 5.91 Å². The van der Waals surface area contributed by atoms with Crippen LogP contribution in [0.4, 0.5) is 0 Å². The monoisotopic (exact) mass is 259 g/mol. The van der Waals surface area contributed by atoms with Crippen LogP contribution in [0.3, 0.4) is 0 Å². The van der Waals surface area contributed by atoms with E-state index in [0.29, 0.717) is 10.1 Å². The van der Waals surface area contributed by atoms with Crippen LogP contribution in [0.5, 0.6) is 0 Å². The van der Waals surface area contributed by atoms with Crippen LogP contribution in [-0.2, 0) is 5.75 Å². The van der Waals surface area contributed by atoms with Crippen LogP contribution in [-0.4, -0.2) is 17.7 Å². The molecule has 0 aromatic carbocycles. The maximum Gasteiger partial charge on any atom is 0.275 e. The molecular weight excluding hydrogens is 242 g/mol. The molecule has 0 aliphatic carbocycles. The number of nitrogens with two attached hydrogens (primary N) is 2. The topological polar surface area (TPSA) is 81.1 Å². The van der Waals surface area contributed by atoms with E-state index >= 15 is 0 Å². The number of nitrogen functional groups attached to an aromatic ring is 1. The fourth-order valence-corrected chi connectivity index (χ4v) is 3.18. The number of hydrogen-bond acceptors (Lipinski definition) is 5. The van der Waals surface area contributed by atoms with Crippen molar-refractivity contribution < 1.29 is 4.79 Å². The highest BCUT2D eigenvalue weighted by atomic mass is 32.2. The Morgan fingerprint density at radius 2 is 2.38 bits per heavy atom. The summed E-state index contributed by atoms with van der Waals surface area (Å²) in [6.07, 6.45) is 1.02. The second kappa shape index (κ2) is 6.90. The fourth-order valence-electron chi connectivity index (χ4n) is 1.19. The number of amides is 1. The predicted molar refractivity (Wildman–Crippen MR) is 70.4 cm³/mol. The molecule has 1 atom stereocenters. The Morgan fingerprint density at radius 3 is 3.00 bits per heavy atom. The molecule has 1 aromatic rings. The lowest BCUT2D eigenvalue weighted by atomic mass is 10.3. The quantitative estimate of drug-likeness (QED) is 0.409. The number of hydrogen-bond donors (Lipinski definition) is 3. The largest absolute Gasteiger partial charge is 0.330 e. The molecule has 0 aliphatic rings. The normalized spacial score (nSPS) is 12.4. The Balaban J connectivity index is 2.43. The lowest BCUT2D eigenvalue weighted by Crippen LogP contribution is -2.29. The van der Waals surface area contributed by atoms with E-state index in [9.17, 15) is 4.79 Å². The summed E-state index contributed by atoms with van der Waals surface area (Å²) < 4.78 is 0. The van der Waals surface area contributed by atoms with Crippen molar-refractivity contribution in [2.75, 3.05) is 6.54 Å². The smallest absolute Gasteiger partial charge is 0.275 e. The standard InChI is InChI=1S/C10H17N3OS2/c1-7(4-5-11)15-6-8-2-3-9(16-8)10(14)13-12/h2-3,7H,4-6,11-12H2,1H3,(H,13,14). The lowest BCUT2D eigenvalue weighted by Gasteiger charge is -2.07. The van der Waals surface area contributed by atoms with E-state index in [2.05, 4.69) is 12.3 Å². The van der Waals surface area contributed by atoms with Crippen molar-refractivity contribution in [3.8, 4) is 0 Å². The highest BCUT2D eigenvalue weighted by molar-refractivity contribution is 7.99. The summed E-state index contributed by atoms with van der Waals surface area (Å²) in [4.78, 5) is 13.1. The van der Waals surface area contributed by atoms with Gasteiger partial charge in [0.05, 0.1) is 4.88 Å². The number of nitrogens with one attached hydrogen (secondary N) is 1. The molecule has 1 unspecified atom stereocenters. The molecule has 90 valence electrons. The first kappa shape index (κ1) is 13.5. The first-order valence-corrected chi connectivity index (χ1v) is 6.95. The molecule has 0 radical (unpaired) electrons. The minimum atomic E-state index is -0.226. The van der Waals surface area contributed by atoms with E-state index in [1.807, 2.05) is 17.8 Å². The van der Waals surface area contributed by atoms with E-state index in [1.165, 1.54) is 16.2 Å². The summed E-state index contributed by atoms with van der Waals surface area (Å²) in [5.41, 5.74) is 7.61. The van der Waals surface area contributed by atoms with Gasteiger partial charge in [-0.25, -0.2) is 5.84 Å². The molecule has 1 aromatic heterocycles. The third-order valence-electron chi connectivity index (χ3n) is 2.10. The first-order valence-electron chi connectivity index (χ1n) is 5.08. The van der Waals surface area contributed by atoms with Gasteiger partial charge in [0.1, 0.15) is 0 Å².